The van der Waals surface area contributed by atoms with Crippen LogP contribution in [0.1, 0.15) is 46.2 Å². The summed E-state index contributed by atoms with van der Waals surface area (Å²) in [7, 11) is 0. The molecule has 1 aromatic rings. The number of rotatable bonds is 8. The normalized spacial score (nSPS) is 10.9. The zero-order valence-electron chi connectivity index (χ0n) is 12.2. The summed E-state index contributed by atoms with van der Waals surface area (Å²) in [4.78, 5) is 6.87. The van der Waals surface area contributed by atoms with Crippen molar-refractivity contribution in [3.05, 3.63) is 24.0 Å². The second kappa shape index (κ2) is 8.09. The Hall–Kier alpha value is -1.09. The van der Waals surface area contributed by atoms with Gasteiger partial charge >= 0.3 is 0 Å². The highest BCUT2D eigenvalue weighted by atomic mass is 15.1. The van der Waals surface area contributed by atoms with E-state index in [0.717, 1.165) is 25.3 Å². The largest absolute Gasteiger partial charge is 0.371 e. The third-order valence-corrected chi connectivity index (χ3v) is 2.84. The van der Waals surface area contributed by atoms with Crippen LogP contribution in [0.25, 0.3) is 0 Å². The molecule has 3 nitrogen and oxygen atoms in total. The van der Waals surface area contributed by atoms with E-state index < -0.39 is 0 Å². The third-order valence-electron chi connectivity index (χ3n) is 2.84. The maximum absolute atomic E-state index is 4.42. The fourth-order valence-electron chi connectivity index (χ4n) is 1.98. The van der Waals surface area contributed by atoms with E-state index >= 15 is 0 Å². The number of nitrogens with one attached hydrogen (secondary N) is 1. The van der Waals surface area contributed by atoms with Crippen molar-refractivity contribution in [1.29, 1.82) is 0 Å². The highest BCUT2D eigenvalue weighted by Gasteiger charge is 2.06. The lowest BCUT2D eigenvalue weighted by atomic mass is 10.2. The summed E-state index contributed by atoms with van der Waals surface area (Å²) in [5, 5.41) is 3.41. The molecule has 0 fully saturated rings. The Kier molecular flexibility index (Phi) is 6.73. The maximum atomic E-state index is 4.42. The summed E-state index contributed by atoms with van der Waals surface area (Å²) in [6.45, 7) is 11.9. The van der Waals surface area contributed by atoms with E-state index in [1.807, 2.05) is 6.20 Å². The van der Waals surface area contributed by atoms with Crippen molar-refractivity contribution in [1.82, 2.24) is 10.3 Å². The van der Waals surface area contributed by atoms with Gasteiger partial charge in [0.2, 0.25) is 0 Å². The molecule has 0 bridgehead atoms. The Morgan fingerprint density at radius 2 is 1.89 bits per heavy atom. The molecule has 0 aliphatic heterocycles. The second-order valence-electron chi connectivity index (χ2n) is 5.03. The quantitative estimate of drug-likeness (QED) is 0.767. The first kappa shape index (κ1) is 15.0. The van der Waals surface area contributed by atoms with Crippen molar-refractivity contribution in [2.45, 2.75) is 53.1 Å². The molecule has 0 saturated heterocycles. The van der Waals surface area contributed by atoms with Gasteiger partial charge < -0.3 is 10.2 Å². The lowest BCUT2D eigenvalue weighted by molar-refractivity contribution is 0.581. The number of pyridine rings is 1. The van der Waals surface area contributed by atoms with Gasteiger partial charge in [-0.15, -0.1) is 0 Å². The van der Waals surface area contributed by atoms with E-state index in [1.165, 1.54) is 18.5 Å². The molecule has 0 unspecified atom stereocenters. The van der Waals surface area contributed by atoms with E-state index in [9.17, 15) is 0 Å². The topological polar surface area (TPSA) is 28.2 Å². The van der Waals surface area contributed by atoms with Crippen LogP contribution < -0.4 is 10.2 Å². The first-order valence-corrected chi connectivity index (χ1v) is 7.10. The summed E-state index contributed by atoms with van der Waals surface area (Å²) in [6.07, 6.45) is 4.29. The molecule has 0 amide bonds. The van der Waals surface area contributed by atoms with Crippen LogP contribution in [-0.2, 0) is 6.54 Å². The van der Waals surface area contributed by atoms with Gasteiger partial charge in [-0.2, -0.15) is 0 Å². The second-order valence-corrected chi connectivity index (χ2v) is 5.03. The van der Waals surface area contributed by atoms with Gasteiger partial charge in [0.05, 0.1) is 5.69 Å². The Balaban J connectivity index is 2.71. The molecule has 1 N–H and O–H groups in total. The zero-order valence-corrected chi connectivity index (χ0v) is 12.2. The molecule has 0 spiro atoms. The number of hydrogen-bond acceptors (Lipinski definition) is 3. The van der Waals surface area contributed by atoms with Crippen molar-refractivity contribution < 1.29 is 0 Å². The van der Waals surface area contributed by atoms with Gasteiger partial charge in [-0.05, 0) is 25.0 Å². The molecule has 18 heavy (non-hydrogen) atoms. The predicted octanol–water partition coefficient (Wildman–Crippen LogP) is 3.21. The molecule has 102 valence electrons. The molecule has 1 rings (SSSR count). The summed E-state index contributed by atoms with van der Waals surface area (Å²) >= 11 is 0. The Morgan fingerprint density at radius 3 is 2.44 bits per heavy atom. The minimum Gasteiger partial charge on any atom is -0.371 e. The van der Waals surface area contributed by atoms with Gasteiger partial charge in [-0.3, -0.25) is 4.98 Å². The van der Waals surface area contributed by atoms with Crippen molar-refractivity contribution in [2.24, 2.45) is 0 Å². The van der Waals surface area contributed by atoms with Crippen LogP contribution in [0.5, 0.6) is 0 Å². The molecule has 0 radical (unpaired) electrons. The fourth-order valence-corrected chi connectivity index (χ4v) is 1.98. The van der Waals surface area contributed by atoms with Gasteiger partial charge in [-0.1, -0.05) is 27.7 Å². The van der Waals surface area contributed by atoms with E-state index in [1.54, 1.807) is 0 Å². The van der Waals surface area contributed by atoms with E-state index in [2.05, 4.69) is 55.0 Å². The van der Waals surface area contributed by atoms with Gasteiger partial charge in [0, 0.05) is 37.6 Å². The lowest BCUT2D eigenvalue weighted by Crippen LogP contribution is -2.26. The van der Waals surface area contributed by atoms with Crippen molar-refractivity contribution in [2.75, 3.05) is 18.0 Å². The maximum Gasteiger partial charge on any atom is 0.0562 e. The van der Waals surface area contributed by atoms with Crippen LogP contribution in [0.15, 0.2) is 18.3 Å². The molecule has 0 saturated carbocycles. The monoisotopic (exact) mass is 249 g/mol. The van der Waals surface area contributed by atoms with Crippen LogP contribution in [0.2, 0.25) is 0 Å². The summed E-state index contributed by atoms with van der Waals surface area (Å²) in [6, 6.07) is 4.82. The summed E-state index contributed by atoms with van der Waals surface area (Å²) in [5.74, 6) is 0. The van der Waals surface area contributed by atoms with Crippen LogP contribution in [0.4, 0.5) is 5.69 Å². The highest BCUT2D eigenvalue weighted by molar-refractivity contribution is 5.46. The number of nitrogens with zero attached hydrogens (tertiary/aromatic N) is 2. The molecule has 0 aliphatic rings. The molecule has 0 atom stereocenters. The average molecular weight is 249 g/mol. The van der Waals surface area contributed by atoms with Crippen LogP contribution in [0, 0.1) is 0 Å². The van der Waals surface area contributed by atoms with Gasteiger partial charge in [-0.25, -0.2) is 0 Å². The number of anilines is 1. The predicted molar refractivity (Wildman–Crippen MR) is 79.0 cm³/mol. The Bertz CT molecular complexity index is 330. The Morgan fingerprint density at radius 1 is 1.22 bits per heavy atom. The minimum absolute atomic E-state index is 0.498. The SMILES string of the molecule is CCCN(CCC)c1ccnc(CNC(C)C)c1. The van der Waals surface area contributed by atoms with Gasteiger partial charge in [0.1, 0.15) is 0 Å². The van der Waals surface area contributed by atoms with Gasteiger partial charge in [0.15, 0.2) is 0 Å². The molecular weight excluding hydrogens is 222 g/mol. The van der Waals surface area contributed by atoms with Crippen molar-refractivity contribution in [3.8, 4) is 0 Å². The Labute approximate surface area is 112 Å². The minimum atomic E-state index is 0.498. The molecule has 1 heterocycles. The van der Waals surface area contributed by atoms with Crippen molar-refractivity contribution in [3.63, 3.8) is 0 Å². The number of hydrogen-bond donors (Lipinski definition) is 1. The average Bonchev–Trinajstić information content (AvgIpc) is 2.36. The molecule has 3 heteroatoms. The lowest BCUT2D eigenvalue weighted by Gasteiger charge is -2.24. The van der Waals surface area contributed by atoms with E-state index in [0.29, 0.717) is 6.04 Å². The van der Waals surface area contributed by atoms with Crippen LogP contribution in [0.3, 0.4) is 0 Å². The zero-order chi connectivity index (χ0) is 13.4. The standard InChI is InChI=1S/C15H27N3/c1-5-9-18(10-6-2)15-7-8-16-14(11-15)12-17-13(3)4/h7-8,11,13,17H,5-6,9-10,12H2,1-4H3. The molecule has 0 aliphatic carbocycles. The first-order valence-electron chi connectivity index (χ1n) is 7.10. The van der Waals surface area contributed by atoms with E-state index in [4.69, 9.17) is 0 Å². The van der Waals surface area contributed by atoms with Gasteiger partial charge in [0.25, 0.3) is 0 Å². The smallest absolute Gasteiger partial charge is 0.0562 e. The molecule has 0 aromatic carbocycles. The highest BCUT2D eigenvalue weighted by Crippen LogP contribution is 2.15. The molecule has 1 aromatic heterocycles. The molecular formula is C15H27N3. The van der Waals surface area contributed by atoms with Crippen LogP contribution >= 0.6 is 0 Å². The summed E-state index contributed by atoms with van der Waals surface area (Å²) < 4.78 is 0. The summed E-state index contributed by atoms with van der Waals surface area (Å²) in [5.41, 5.74) is 2.42. The number of aromatic nitrogens is 1. The first-order chi connectivity index (χ1) is 8.67. The van der Waals surface area contributed by atoms with Crippen LogP contribution in [-0.4, -0.2) is 24.1 Å². The fraction of sp³-hybridized carbons (Fsp3) is 0.667. The third kappa shape index (κ3) is 5.05. The van der Waals surface area contributed by atoms with E-state index in [-0.39, 0.29) is 0 Å². The van der Waals surface area contributed by atoms with Crippen molar-refractivity contribution >= 4 is 5.69 Å².